The van der Waals surface area contributed by atoms with Gasteiger partial charge in [-0.1, -0.05) is 24.3 Å². The Bertz CT molecular complexity index is 1210. The highest BCUT2D eigenvalue weighted by atomic mass is 35.5. The monoisotopic (exact) mass is 480 g/mol. The third-order valence-electron chi connectivity index (χ3n) is 5.56. The Kier molecular flexibility index (Phi) is 6.15. The molecule has 0 bridgehead atoms. The predicted octanol–water partition coefficient (Wildman–Crippen LogP) is 4.77. The quantitative estimate of drug-likeness (QED) is 0.402. The molecule has 2 aromatic heterocycles. The molecule has 0 aliphatic heterocycles. The number of benzene rings is 1. The summed E-state index contributed by atoms with van der Waals surface area (Å²) in [5.41, 5.74) is 6.23. The third-order valence-corrected chi connectivity index (χ3v) is 5.73. The van der Waals surface area contributed by atoms with Gasteiger partial charge in [-0.3, -0.25) is 0 Å². The molecule has 12 heteroatoms. The number of carboxylic acid groups (broad SMARTS) is 1. The van der Waals surface area contributed by atoms with Crippen LogP contribution in [0.3, 0.4) is 0 Å². The molecule has 1 aromatic carbocycles. The molecule has 33 heavy (non-hydrogen) atoms. The Balaban J connectivity index is 1.50. The van der Waals surface area contributed by atoms with Gasteiger partial charge in [-0.25, -0.2) is 9.78 Å². The van der Waals surface area contributed by atoms with Crippen LogP contribution in [0.5, 0.6) is 0 Å². The maximum absolute atomic E-state index is 13.0. The van der Waals surface area contributed by atoms with Gasteiger partial charge in [0, 0.05) is 13.1 Å². The van der Waals surface area contributed by atoms with E-state index in [0.717, 1.165) is 17.0 Å². The minimum atomic E-state index is -4.49. The molecule has 174 valence electrons. The molecule has 2 atom stereocenters. The first-order valence-corrected chi connectivity index (χ1v) is 10.5. The maximum Gasteiger partial charge on any atom is 0.416 e. The van der Waals surface area contributed by atoms with Gasteiger partial charge >= 0.3 is 12.3 Å². The Hall–Kier alpha value is -3.34. The summed E-state index contributed by atoms with van der Waals surface area (Å²) in [6, 6.07) is 4.54. The minimum absolute atomic E-state index is 0.00349. The highest BCUT2D eigenvalue weighted by molar-refractivity contribution is 6.28. The zero-order chi connectivity index (χ0) is 23.8. The third kappa shape index (κ3) is 5.03. The summed E-state index contributed by atoms with van der Waals surface area (Å²) in [6.07, 6.45) is 1.03. The number of allylic oxidation sites excluding steroid dienone is 2. The van der Waals surface area contributed by atoms with E-state index in [-0.39, 0.29) is 41.7 Å². The van der Waals surface area contributed by atoms with Gasteiger partial charge in [0.05, 0.1) is 17.9 Å². The standard InChI is InChI=1S/C21H20ClF3N6O2/c22-19-28-17(26)16-18(29-19)31(11-27-16)15-6-2-4-13(8-15)10-30(20(32)33)9-12-3-1-5-14(7-12)21(23,24)25/h1-3,5-7,11,13,15H,4,8-10H2,(H,32,33)(H2,26,28,29)/t13-,15+/m1/s1. The number of halogens is 4. The molecule has 0 saturated carbocycles. The van der Waals surface area contributed by atoms with Gasteiger partial charge in [0.1, 0.15) is 5.52 Å². The number of hydrogen-bond donors (Lipinski definition) is 2. The van der Waals surface area contributed by atoms with Crippen LogP contribution in [0.1, 0.15) is 30.0 Å². The molecule has 4 rings (SSSR count). The fourth-order valence-corrected chi connectivity index (χ4v) is 4.21. The molecular formula is C21H20ClF3N6O2. The van der Waals surface area contributed by atoms with Gasteiger partial charge in [-0.05, 0) is 48.1 Å². The summed E-state index contributed by atoms with van der Waals surface area (Å²) in [7, 11) is 0. The van der Waals surface area contributed by atoms with Crippen molar-refractivity contribution >= 4 is 34.7 Å². The summed E-state index contributed by atoms with van der Waals surface area (Å²) in [6.45, 7) is 0.0223. The Morgan fingerprint density at radius 3 is 2.85 bits per heavy atom. The lowest BCUT2D eigenvalue weighted by Gasteiger charge is -2.30. The van der Waals surface area contributed by atoms with E-state index in [1.807, 2.05) is 12.2 Å². The van der Waals surface area contributed by atoms with Crippen molar-refractivity contribution < 1.29 is 23.1 Å². The lowest BCUT2D eigenvalue weighted by molar-refractivity contribution is -0.137. The van der Waals surface area contributed by atoms with Crippen LogP contribution in [0.25, 0.3) is 11.2 Å². The zero-order valence-corrected chi connectivity index (χ0v) is 18.0. The Morgan fingerprint density at radius 2 is 2.12 bits per heavy atom. The predicted molar refractivity (Wildman–Crippen MR) is 116 cm³/mol. The molecule has 1 amide bonds. The number of rotatable bonds is 5. The summed E-state index contributed by atoms with van der Waals surface area (Å²) in [5.74, 6) is 0.104. The van der Waals surface area contributed by atoms with Crippen LogP contribution in [-0.2, 0) is 12.7 Å². The SMILES string of the molecule is Nc1nc(Cl)nc2c1ncn2[C@H]1C=CC[C@@H](CN(Cc2cccc(C(F)(F)F)c2)C(=O)O)C1. The van der Waals surface area contributed by atoms with E-state index in [2.05, 4.69) is 15.0 Å². The van der Waals surface area contributed by atoms with Crippen LogP contribution in [-0.4, -0.2) is 42.2 Å². The van der Waals surface area contributed by atoms with E-state index in [4.69, 9.17) is 17.3 Å². The number of anilines is 1. The Morgan fingerprint density at radius 1 is 1.33 bits per heavy atom. The fraction of sp³-hybridized carbons (Fsp3) is 0.333. The van der Waals surface area contributed by atoms with Crippen LogP contribution >= 0.6 is 11.6 Å². The van der Waals surface area contributed by atoms with Gasteiger partial charge in [-0.15, -0.1) is 0 Å². The molecular weight excluding hydrogens is 461 g/mol. The normalized spacial score (nSPS) is 18.5. The highest BCUT2D eigenvalue weighted by Crippen LogP contribution is 2.32. The summed E-state index contributed by atoms with van der Waals surface area (Å²) in [4.78, 5) is 25.3. The molecule has 3 aromatic rings. The van der Waals surface area contributed by atoms with E-state index in [9.17, 15) is 23.1 Å². The van der Waals surface area contributed by atoms with E-state index < -0.39 is 17.8 Å². The maximum atomic E-state index is 13.0. The van der Waals surface area contributed by atoms with Crippen LogP contribution in [0.15, 0.2) is 42.7 Å². The average Bonchev–Trinajstić information content (AvgIpc) is 3.17. The number of hydrogen-bond acceptors (Lipinski definition) is 5. The summed E-state index contributed by atoms with van der Waals surface area (Å²) >= 11 is 5.94. The molecule has 0 unspecified atom stereocenters. The van der Waals surface area contributed by atoms with Crippen molar-refractivity contribution in [1.82, 2.24) is 24.4 Å². The first kappa shape index (κ1) is 22.8. The van der Waals surface area contributed by atoms with Gasteiger partial charge in [0.25, 0.3) is 0 Å². The number of amides is 1. The van der Waals surface area contributed by atoms with Crippen molar-refractivity contribution in [3.05, 3.63) is 59.2 Å². The smallest absolute Gasteiger partial charge is 0.416 e. The van der Waals surface area contributed by atoms with Gasteiger partial charge in [0.2, 0.25) is 5.28 Å². The number of alkyl halides is 3. The second kappa shape index (κ2) is 8.89. The van der Waals surface area contributed by atoms with Gasteiger partial charge in [-0.2, -0.15) is 23.1 Å². The first-order valence-electron chi connectivity index (χ1n) is 10.1. The summed E-state index contributed by atoms with van der Waals surface area (Å²) < 4.78 is 40.8. The lowest BCUT2D eigenvalue weighted by atomic mass is 9.90. The topological polar surface area (TPSA) is 110 Å². The van der Waals surface area contributed by atoms with E-state index in [1.165, 1.54) is 12.1 Å². The average molecular weight is 481 g/mol. The molecule has 0 radical (unpaired) electrons. The number of aromatic nitrogens is 4. The second-order valence-electron chi connectivity index (χ2n) is 7.90. The largest absolute Gasteiger partial charge is 0.465 e. The molecule has 0 spiro atoms. The summed E-state index contributed by atoms with van der Waals surface area (Å²) in [5, 5.41) is 9.67. The number of carbonyl (C=O) groups is 1. The van der Waals surface area contributed by atoms with Crippen molar-refractivity contribution in [2.45, 2.75) is 31.6 Å². The van der Waals surface area contributed by atoms with E-state index in [0.29, 0.717) is 24.0 Å². The molecule has 3 N–H and O–H groups in total. The number of nitrogens with zero attached hydrogens (tertiary/aromatic N) is 5. The van der Waals surface area contributed by atoms with Crippen LogP contribution in [0.4, 0.5) is 23.8 Å². The number of imidazole rings is 1. The second-order valence-corrected chi connectivity index (χ2v) is 8.23. The number of nitrogens with two attached hydrogens (primary N) is 1. The zero-order valence-electron chi connectivity index (χ0n) is 17.2. The first-order chi connectivity index (χ1) is 15.6. The highest BCUT2D eigenvalue weighted by Gasteiger charge is 2.31. The molecule has 0 fully saturated rings. The van der Waals surface area contributed by atoms with Crippen molar-refractivity contribution in [3.63, 3.8) is 0 Å². The van der Waals surface area contributed by atoms with Crippen LogP contribution in [0, 0.1) is 5.92 Å². The van der Waals surface area contributed by atoms with Crippen molar-refractivity contribution in [2.24, 2.45) is 5.92 Å². The van der Waals surface area contributed by atoms with Gasteiger partial charge in [0.15, 0.2) is 11.5 Å². The van der Waals surface area contributed by atoms with Crippen LogP contribution in [0.2, 0.25) is 5.28 Å². The molecule has 1 aliphatic carbocycles. The minimum Gasteiger partial charge on any atom is -0.465 e. The molecule has 2 heterocycles. The van der Waals surface area contributed by atoms with E-state index in [1.54, 1.807) is 10.9 Å². The van der Waals surface area contributed by atoms with Crippen molar-refractivity contribution in [3.8, 4) is 0 Å². The Labute approximate surface area is 191 Å². The molecule has 0 saturated heterocycles. The molecule has 1 aliphatic rings. The lowest BCUT2D eigenvalue weighted by Crippen LogP contribution is -2.35. The van der Waals surface area contributed by atoms with Crippen molar-refractivity contribution in [1.29, 1.82) is 0 Å². The van der Waals surface area contributed by atoms with E-state index >= 15 is 0 Å². The van der Waals surface area contributed by atoms with Gasteiger partial charge < -0.3 is 20.3 Å². The number of nitrogen functional groups attached to an aromatic ring is 1. The van der Waals surface area contributed by atoms with Crippen molar-refractivity contribution in [2.75, 3.05) is 12.3 Å². The number of fused-ring (bicyclic) bond motifs is 1. The molecule has 8 nitrogen and oxygen atoms in total. The fourth-order valence-electron chi connectivity index (χ4n) is 4.04. The van der Waals surface area contributed by atoms with Crippen LogP contribution < -0.4 is 5.73 Å².